The monoisotopic (exact) mass is 382 g/mol. The fourth-order valence-electron chi connectivity index (χ4n) is 8.78. The van der Waals surface area contributed by atoms with Crippen molar-refractivity contribution in [1.82, 2.24) is 0 Å². The summed E-state index contributed by atoms with van der Waals surface area (Å²) in [5.74, 6) is 4.79. The molecule has 5 rings (SSSR count). The van der Waals surface area contributed by atoms with Crippen molar-refractivity contribution >= 4 is 0 Å². The molecule has 2 fully saturated rings. The summed E-state index contributed by atoms with van der Waals surface area (Å²) < 4.78 is 0. The van der Waals surface area contributed by atoms with Crippen LogP contribution in [0.1, 0.15) is 92.4 Å². The van der Waals surface area contributed by atoms with Crippen LogP contribution in [0.25, 0.3) is 0 Å². The first-order valence-electron chi connectivity index (χ1n) is 12.4. The third kappa shape index (κ3) is 2.53. The maximum atomic E-state index is 10.7. The van der Waals surface area contributed by atoms with E-state index in [0.29, 0.717) is 5.41 Å². The minimum atomic E-state index is -0.0974. The number of aliphatic hydroxyl groups excluding tert-OH is 1. The van der Waals surface area contributed by atoms with E-state index in [4.69, 9.17) is 0 Å². The third-order valence-corrected chi connectivity index (χ3v) is 10.9. The molecular formula is C27H42O. The number of rotatable bonds is 0. The van der Waals surface area contributed by atoms with Gasteiger partial charge in [0.15, 0.2) is 0 Å². The first-order valence-corrected chi connectivity index (χ1v) is 12.4. The Morgan fingerprint density at radius 2 is 1.68 bits per heavy atom. The molecule has 0 aliphatic heterocycles. The number of fused-ring (bicyclic) bond motifs is 6. The Kier molecular flexibility index (Phi) is 4.48. The lowest BCUT2D eigenvalue weighted by Crippen LogP contribution is -2.56. The highest BCUT2D eigenvalue weighted by atomic mass is 16.3. The van der Waals surface area contributed by atoms with Crippen LogP contribution in [0, 0.1) is 46.3 Å². The molecule has 1 heteroatoms. The van der Waals surface area contributed by atoms with Crippen LogP contribution in [-0.2, 0) is 0 Å². The van der Waals surface area contributed by atoms with Crippen LogP contribution in [0.3, 0.4) is 0 Å². The first-order chi connectivity index (χ1) is 13.2. The summed E-state index contributed by atoms with van der Waals surface area (Å²) in [6, 6.07) is 0. The largest absolute Gasteiger partial charge is 0.393 e. The molecule has 28 heavy (non-hydrogen) atoms. The van der Waals surface area contributed by atoms with Gasteiger partial charge in [-0.05, 0) is 115 Å². The zero-order chi connectivity index (χ0) is 19.8. The second-order valence-electron chi connectivity index (χ2n) is 12.1. The van der Waals surface area contributed by atoms with Gasteiger partial charge in [-0.15, -0.1) is 0 Å². The molecule has 0 heterocycles. The molecule has 0 aromatic heterocycles. The Morgan fingerprint density at radius 1 is 0.929 bits per heavy atom. The second-order valence-corrected chi connectivity index (χ2v) is 12.1. The highest BCUT2D eigenvalue weighted by molar-refractivity contribution is 5.45. The van der Waals surface area contributed by atoms with Crippen molar-refractivity contribution < 1.29 is 5.11 Å². The SMILES string of the molecule is C[C@@H]1CCC2=C(C3=CC[C@@H]4C5CC[C@H](O)C(C)(C)[C@@H]5CC[C@@]4(C)[C@@H]3CC2)[C@H]1C. The van der Waals surface area contributed by atoms with E-state index in [-0.39, 0.29) is 11.5 Å². The lowest BCUT2D eigenvalue weighted by atomic mass is 9.43. The van der Waals surface area contributed by atoms with Crippen LogP contribution in [0.15, 0.2) is 22.8 Å². The summed E-state index contributed by atoms with van der Waals surface area (Å²) in [6.45, 7) is 12.4. The van der Waals surface area contributed by atoms with E-state index < -0.39 is 0 Å². The fraction of sp³-hybridized carbons (Fsp3) is 0.852. The predicted molar refractivity (Wildman–Crippen MR) is 117 cm³/mol. The van der Waals surface area contributed by atoms with Gasteiger partial charge in [-0.2, -0.15) is 0 Å². The van der Waals surface area contributed by atoms with Gasteiger partial charge in [0.1, 0.15) is 0 Å². The van der Waals surface area contributed by atoms with E-state index in [9.17, 15) is 5.11 Å². The van der Waals surface area contributed by atoms with Crippen molar-refractivity contribution in [2.45, 2.75) is 98.5 Å². The van der Waals surface area contributed by atoms with E-state index in [1.165, 1.54) is 51.4 Å². The molecule has 8 atom stereocenters. The summed E-state index contributed by atoms with van der Waals surface area (Å²) in [5.41, 5.74) is 6.03. The molecule has 0 aromatic carbocycles. The van der Waals surface area contributed by atoms with Gasteiger partial charge >= 0.3 is 0 Å². The smallest absolute Gasteiger partial charge is 0.0594 e. The number of aliphatic hydroxyl groups is 1. The summed E-state index contributed by atoms with van der Waals surface area (Å²) in [5, 5.41) is 10.7. The van der Waals surface area contributed by atoms with Gasteiger partial charge in [0, 0.05) is 0 Å². The first kappa shape index (κ1) is 19.4. The maximum Gasteiger partial charge on any atom is 0.0594 e. The molecule has 0 aromatic rings. The Morgan fingerprint density at radius 3 is 2.46 bits per heavy atom. The Labute approximate surface area is 173 Å². The van der Waals surface area contributed by atoms with Crippen LogP contribution in [0.5, 0.6) is 0 Å². The van der Waals surface area contributed by atoms with Crippen LogP contribution >= 0.6 is 0 Å². The molecule has 1 unspecified atom stereocenters. The quantitative estimate of drug-likeness (QED) is 0.482. The molecule has 0 radical (unpaired) electrons. The highest BCUT2D eigenvalue weighted by Crippen LogP contribution is 2.65. The topological polar surface area (TPSA) is 20.2 Å². The van der Waals surface area contributed by atoms with E-state index in [1.807, 2.05) is 11.1 Å². The molecule has 0 amide bonds. The molecule has 1 N–H and O–H groups in total. The van der Waals surface area contributed by atoms with Gasteiger partial charge in [0.25, 0.3) is 0 Å². The van der Waals surface area contributed by atoms with Crippen molar-refractivity contribution in [1.29, 1.82) is 0 Å². The molecule has 5 aliphatic carbocycles. The van der Waals surface area contributed by atoms with E-state index in [1.54, 1.807) is 5.57 Å². The summed E-state index contributed by atoms with van der Waals surface area (Å²) in [6.07, 6.45) is 14.5. The molecule has 1 nitrogen and oxygen atoms in total. The van der Waals surface area contributed by atoms with Gasteiger partial charge in [-0.3, -0.25) is 0 Å². The van der Waals surface area contributed by atoms with Crippen molar-refractivity contribution in [2.24, 2.45) is 46.3 Å². The third-order valence-electron chi connectivity index (χ3n) is 10.9. The van der Waals surface area contributed by atoms with E-state index in [0.717, 1.165) is 41.9 Å². The number of hydrogen-bond acceptors (Lipinski definition) is 1. The van der Waals surface area contributed by atoms with Gasteiger partial charge in [-0.25, -0.2) is 0 Å². The van der Waals surface area contributed by atoms with Crippen LogP contribution in [-0.4, -0.2) is 11.2 Å². The van der Waals surface area contributed by atoms with Crippen molar-refractivity contribution in [3.63, 3.8) is 0 Å². The Bertz CT molecular complexity index is 712. The van der Waals surface area contributed by atoms with Crippen molar-refractivity contribution in [2.75, 3.05) is 0 Å². The molecular weight excluding hydrogens is 340 g/mol. The lowest BCUT2D eigenvalue weighted by molar-refractivity contribution is -0.132. The average molecular weight is 383 g/mol. The molecule has 0 saturated heterocycles. The summed E-state index contributed by atoms with van der Waals surface area (Å²) in [7, 11) is 0. The normalized spacial score (nSPS) is 50.1. The Balaban J connectivity index is 1.51. The minimum absolute atomic E-state index is 0.0974. The molecule has 156 valence electrons. The van der Waals surface area contributed by atoms with Gasteiger partial charge in [-0.1, -0.05) is 46.3 Å². The van der Waals surface area contributed by atoms with Gasteiger partial charge in [0.2, 0.25) is 0 Å². The van der Waals surface area contributed by atoms with E-state index >= 15 is 0 Å². The zero-order valence-electron chi connectivity index (χ0n) is 18.9. The number of hydrogen-bond donors (Lipinski definition) is 1. The minimum Gasteiger partial charge on any atom is -0.393 e. The molecule has 5 aliphatic rings. The average Bonchev–Trinajstić information content (AvgIpc) is 2.66. The Hall–Kier alpha value is -0.560. The molecule has 0 bridgehead atoms. The van der Waals surface area contributed by atoms with Crippen LogP contribution < -0.4 is 0 Å². The van der Waals surface area contributed by atoms with Crippen LogP contribution in [0.4, 0.5) is 0 Å². The highest BCUT2D eigenvalue weighted by Gasteiger charge is 2.58. The predicted octanol–water partition coefficient (Wildman–Crippen LogP) is 6.92. The number of allylic oxidation sites excluding steroid dienone is 4. The standard InChI is InChI=1S/C27H42O/c1-16-6-7-18-8-11-23-20(25(18)17(16)2)9-12-22-19-10-13-24(28)26(3,4)21(19)14-15-27(22,23)5/h9,16-17,19,21-24,28H,6-8,10-15H2,1-5H3/t16-,17+,19?,21-,22-,23-,24+,27-/m1/s1. The van der Waals surface area contributed by atoms with Gasteiger partial charge < -0.3 is 5.11 Å². The maximum absolute atomic E-state index is 10.7. The zero-order valence-corrected chi connectivity index (χ0v) is 18.9. The summed E-state index contributed by atoms with van der Waals surface area (Å²) >= 11 is 0. The van der Waals surface area contributed by atoms with Crippen molar-refractivity contribution in [3.05, 3.63) is 22.8 Å². The summed E-state index contributed by atoms with van der Waals surface area (Å²) in [4.78, 5) is 0. The fourth-order valence-corrected chi connectivity index (χ4v) is 8.78. The molecule has 2 saturated carbocycles. The molecule has 0 spiro atoms. The van der Waals surface area contributed by atoms with Gasteiger partial charge in [0.05, 0.1) is 6.10 Å². The van der Waals surface area contributed by atoms with E-state index in [2.05, 4.69) is 40.7 Å². The van der Waals surface area contributed by atoms with Crippen molar-refractivity contribution in [3.8, 4) is 0 Å². The van der Waals surface area contributed by atoms with Crippen LogP contribution in [0.2, 0.25) is 0 Å². The second kappa shape index (κ2) is 6.47. The lowest BCUT2D eigenvalue weighted by Gasteiger charge is -2.62.